The summed E-state index contributed by atoms with van der Waals surface area (Å²) in [6, 6.07) is 15.3. The number of anilines is 1. The average Bonchev–Trinajstić information content (AvgIpc) is 2.57. The van der Waals surface area contributed by atoms with Crippen LogP contribution in [0.3, 0.4) is 0 Å². The van der Waals surface area contributed by atoms with Crippen LogP contribution in [0.5, 0.6) is 5.75 Å². The van der Waals surface area contributed by atoms with Gasteiger partial charge in [-0.2, -0.15) is 0 Å². The third-order valence-corrected chi connectivity index (χ3v) is 4.54. The first-order chi connectivity index (χ1) is 11.5. The predicted octanol–water partition coefficient (Wildman–Crippen LogP) is 4.10. The highest BCUT2D eigenvalue weighted by atomic mass is 79.9. The molecule has 0 spiro atoms. The number of ether oxygens (including phenoxy) is 1. The van der Waals surface area contributed by atoms with E-state index in [9.17, 15) is 4.79 Å². The van der Waals surface area contributed by atoms with E-state index in [1.807, 2.05) is 74.3 Å². The minimum Gasteiger partial charge on any atom is -0.492 e. The molecule has 0 bridgehead atoms. The zero-order chi connectivity index (χ0) is 17.5. The Kier molecular flexibility index (Phi) is 6.82. The lowest BCUT2D eigenvalue weighted by Crippen LogP contribution is -2.41. The van der Waals surface area contributed by atoms with E-state index in [1.54, 1.807) is 0 Å². The molecule has 1 amide bonds. The van der Waals surface area contributed by atoms with Gasteiger partial charge >= 0.3 is 0 Å². The lowest BCUT2D eigenvalue weighted by Gasteiger charge is -2.24. The van der Waals surface area contributed by atoms with Crippen LogP contribution in [0.4, 0.5) is 5.69 Å². The number of rotatable bonds is 7. The summed E-state index contributed by atoms with van der Waals surface area (Å²) in [6.07, 6.45) is 0. The molecular formula is C19H23BrN2O2. The zero-order valence-electron chi connectivity index (χ0n) is 14.3. The van der Waals surface area contributed by atoms with Gasteiger partial charge < -0.3 is 10.1 Å². The van der Waals surface area contributed by atoms with Gasteiger partial charge in [0.05, 0.1) is 11.7 Å². The summed E-state index contributed by atoms with van der Waals surface area (Å²) in [5.41, 5.74) is 1.93. The van der Waals surface area contributed by atoms with Crippen LogP contribution >= 0.6 is 15.9 Å². The van der Waals surface area contributed by atoms with Crippen molar-refractivity contribution in [3.8, 4) is 5.75 Å². The van der Waals surface area contributed by atoms with Crippen molar-refractivity contribution in [1.29, 1.82) is 0 Å². The Morgan fingerprint density at radius 3 is 2.62 bits per heavy atom. The molecular weight excluding hydrogens is 368 g/mol. The number of likely N-dealkylation sites (N-methyl/N-ethyl adjacent to an activating group) is 1. The Morgan fingerprint density at radius 2 is 1.96 bits per heavy atom. The van der Waals surface area contributed by atoms with Crippen LogP contribution in [-0.4, -0.2) is 37.0 Å². The SMILES string of the molecule is Cc1ccc(NC(=O)C(C)N(C)CCOc2ccccc2)c(Br)c1. The van der Waals surface area contributed by atoms with Crippen molar-refractivity contribution in [2.24, 2.45) is 0 Å². The minimum atomic E-state index is -0.252. The fourth-order valence-corrected chi connectivity index (χ4v) is 2.77. The molecule has 0 aliphatic carbocycles. The van der Waals surface area contributed by atoms with E-state index in [-0.39, 0.29) is 11.9 Å². The molecule has 0 aliphatic heterocycles. The lowest BCUT2D eigenvalue weighted by molar-refractivity contribution is -0.120. The van der Waals surface area contributed by atoms with Crippen LogP contribution in [0.15, 0.2) is 53.0 Å². The molecule has 24 heavy (non-hydrogen) atoms. The molecule has 0 aliphatic rings. The smallest absolute Gasteiger partial charge is 0.241 e. The van der Waals surface area contributed by atoms with Crippen molar-refractivity contribution in [3.63, 3.8) is 0 Å². The van der Waals surface area contributed by atoms with Gasteiger partial charge in [0, 0.05) is 11.0 Å². The fourth-order valence-electron chi connectivity index (χ4n) is 2.18. The van der Waals surface area contributed by atoms with Crippen LogP contribution < -0.4 is 10.1 Å². The number of carbonyl (C=O) groups is 1. The summed E-state index contributed by atoms with van der Waals surface area (Å²) in [6.45, 7) is 5.10. The summed E-state index contributed by atoms with van der Waals surface area (Å²) in [5.74, 6) is 0.799. The molecule has 0 saturated heterocycles. The number of nitrogens with one attached hydrogen (secondary N) is 1. The number of para-hydroxylation sites is 1. The molecule has 1 atom stereocenters. The van der Waals surface area contributed by atoms with Gasteiger partial charge in [-0.1, -0.05) is 24.3 Å². The molecule has 1 unspecified atom stereocenters. The number of hydrogen-bond acceptors (Lipinski definition) is 3. The largest absolute Gasteiger partial charge is 0.492 e. The normalized spacial score (nSPS) is 12.0. The van der Waals surface area contributed by atoms with Gasteiger partial charge in [0.15, 0.2) is 0 Å². The highest BCUT2D eigenvalue weighted by molar-refractivity contribution is 9.10. The highest BCUT2D eigenvalue weighted by Crippen LogP contribution is 2.23. The molecule has 2 aromatic rings. The first kappa shape index (κ1) is 18.5. The minimum absolute atomic E-state index is 0.0400. The monoisotopic (exact) mass is 390 g/mol. The summed E-state index contributed by atoms with van der Waals surface area (Å²) >= 11 is 3.48. The molecule has 0 fully saturated rings. The molecule has 128 valence electrons. The quantitative estimate of drug-likeness (QED) is 0.773. The highest BCUT2D eigenvalue weighted by Gasteiger charge is 2.18. The zero-order valence-corrected chi connectivity index (χ0v) is 15.8. The topological polar surface area (TPSA) is 41.6 Å². The molecule has 2 rings (SSSR count). The Morgan fingerprint density at radius 1 is 1.25 bits per heavy atom. The van der Waals surface area contributed by atoms with Crippen LogP contribution in [0.1, 0.15) is 12.5 Å². The second kappa shape index (κ2) is 8.85. The molecule has 2 aromatic carbocycles. The number of halogens is 1. The lowest BCUT2D eigenvalue weighted by atomic mass is 10.2. The van der Waals surface area contributed by atoms with Gasteiger partial charge in [-0.05, 0) is 66.7 Å². The fraction of sp³-hybridized carbons (Fsp3) is 0.316. The molecule has 0 saturated carbocycles. The maximum Gasteiger partial charge on any atom is 0.241 e. The molecule has 0 aromatic heterocycles. The van der Waals surface area contributed by atoms with E-state index in [0.717, 1.165) is 21.5 Å². The second-order valence-corrected chi connectivity index (χ2v) is 6.64. The molecule has 0 radical (unpaired) electrons. The first-order valence-electron chi connectivity index (χ1n) is 7.92. The summed E-state index contributed by atoms with van der Waals surface area (Å²) in [5, 5.41) is 2.96. The summed E-state index contributed by atoms with van der Waals surface area (Å²) < 4.78 is 6.56. The van der Waals surface area contributed by atoms with E-state index in [0.29, 0.717) is 13.2 Å². The van der Waals surface area contributed by atoms with Crippen molar-refractivity contribution < 1.29 is 9.53 Å². The van der Waals surface area contributed by atoms with E-state index in [2.05, 4.69) is 21.2 Å². The number of benzene rings is 2. The Bertz CT molecular complexity index is 676. The van der Waals surface area contributed by atoms with E-state index < -0.39 is 0 Å². The van der Waals surface area contributed by atoms with E-state index in [1.165, 1.54) is 0 Å². The Balaban J connectivity index is 1.83. The van der Waals surface area contributed by atoms with E-state index >= 15 is 0 Å². The predicted molar refractivity (Wildman–Crippen MR) is 102 cm³/mol. The third kappa shape index (κ3) is 5.35. The van der Waals surface area contributed by atoms with Crippen LogP contribution in [0, 0.1) is 6.92 Å². The standard InChI is InChI=1S/C19H23BrN2O2/c1-14-9-10-18(17(20)13-14)21-19(23)15(2)22(3)11-12-24-16-7-5-4-6-8-16/h4-10,13,15H,11-12H2,1-3H3,(H,21,23). The Labute approximate surface area is 151 Å². The number of amides is 1. The molecule has 0 heterocycles. The van der Waals surface area contributed by atoms with Gasteiger partial charge in [-0.25, -0.2) is 0 Å². The second-order valence-electron chi connectivity index (χ2n) is 5.79. The maximum absolute atomic E-state index is 12.4. The van der Waals surface area contributed by atoms with Crippen molar-refractivity contribution >= 4 is 27.5 Å². The van der Waals surface area contributed by atoms with Gasteiger partial charge in [-0.3, -0.25) is 9.69 Å². The molecule has 4 nitrogen and oxygen atoms in total. The first-order valence-corrected chi connectivity index (χ1v) is 8.72. The number of hydrogen-bond donors (Lipinski definition) is 1. The van der Waals surface area contributed by atoms with Crippen LogP contribution in [0.2, 0.25) is 0 Å². The van der Waals surface area contributed by atoms with Gasteiger partial charge in [0.25, 0.3) is 0 Å². The number of nitrogens with zero attached hydrogens (tertiary/aromatic N) is 1. The average molecular weight is 391 g/mol. The Hall–Kier alpha value is -1.85. The van der Waals surface area contributed by atoms with Gasteiger partial charge in [0.1, 0.15) is 12.4 Å². The molecule has 1 N–H and O–H groups in total. The van der Waals surface area contributed by atoms with Gasteiger partial charge in [-0.15, -0.1) is 0 Å². The summed E-state index contributed by atoms with van der Waals surface area (Å²) in [4.78, 5) is 14.4. The van der Waals surface area contributed by atoms with Crippen molar-refractivity contribution in [1.82, 2.24) is 4.90 Å². The van der Waals surface area contributed by atoms with Crippen molar-refractivity contribution in [2.75, 3.05) is 25.5 Å². The van der Waals surface area contributed by atoms with Crippen molar-refractivity contribution in [3.05, 3.63) is 58.6 Å². The molecule has 5 heteroatoms. The number of carbonyl (C=O) groups excluding carboxylic acids is 1. The summed E-state index contributed by atoms with van der Waals surface area (Å²) in [7, 11) is 1.92. The van der Waals surface area contributed by atoms with E-state index in [4.69, 9.17) is 4.74 Å². The van der Waals surface area contributed by atoms with Crippen LogP contribution in [0.25, 0.3) is 0 Å². The van der Waals surface area contributed by atoms with Crippen LogP contribution in [-0.2, 0) is 4.79 Å². The third-order valence-electron chi connectivity index (χ3n) is 3.88. The van der Waals surface area contributed by atoms with Gasteiger partial charge in [0.2, 0.25) is 5.91 Å². The maximum atomic E-state index is 12.4. The number of aryl methyl sites for hydroxylation is 1. The van der Waals surface area contributed by atoms with Crippen molar-refractivity contribution in [2.45, 2.75) is 19.9 Å².